The number of benzene rings is 1. The molecule has 0 atom stereocenters. The minimum absolute atomic E-state index is 0.221. The van der Waals surface area contributed by atoms with Crippen LogP contribution in [0.25, 0.3) is 0 Å². The molecule has 18 heavy (non-hydrogen) atoms. The van der Waals surface area contributed by atoms with E-state index >= 15 is 0 Å². The maximum absolute atomic E-state index is 13.2. The Labute approximate surface area is 104 Å². The van der Waals surface area contributed by atoms with Crippen molar-refractivity contribution in [2.45, 2.75) is 0 Å². The average molecular weight is 259 g/mol. The van der Waals surface area contributed by atoms with E-state index in [1.807, 2.05) is 0 Å². The molecule has 0 unspecified atom stereocenters. The highest BCUT2D eigenvalue weighted by Gasteiger charge is 2.14. The SMILES string of the molecule is COCCOCCNC(=O)c1cccc(F)c1F. The van der Waals surface area contributed by atoms with Gasteiger partial charge in [-0.3, -0.25) is 4.79 Å². The first-order chi connectivity index (χ1) is 8.66. The molecule has 1 aromatic rings. The molecule has 0 spiro atoms. The number of nitrogens with one attached hydrogen (secondary N) is 1. The summed E-state index contributed by atoms with van der Waals surface area (Å²) in [5, 5.41) is 2.43. The number of halogens is 2. The Bertz CT molecular complexity index is 399. The second kappa shape index (κ2) is 7.73. The van der Waals surface area contributed by atoms with Crippen LogP contribution in [0.3, 0.4) is 0 Å². The van der Waals surface area contributed by atoms with E-state index in [2.05, 4.69) is 5.32 Å². The minimum Gasteiger partial charge on any atom is -0.382 e. The number of amides is 1. The molecule has 1 rings (SSSR count). The summed E-state index contributed by atoms with van der Waals surface area (Å²) in [6.07, 6.45) is 0. The fourth-order valence-electron chi connectivity index (χ4n) is 1.26. The number of hydrogen-bond acceptors (Lipinski definition) is 3. The highest BCUT2D eigenvalue weighted by molar-refractivity contribution is 5.94. The first-order valence-electron chi connectivity index (χ1n) is 5.45. The Balaban J connectivity index is 2.35. The smallest absolute Gasteiger partial charge is 0.254 e. The molecule has 1 aromatic carbocycles. The lowest BCUT2D eigenvalue weighted by molar-refractivity contribution is 0.0692. The van der Waals surface area contributed by atoms with E-state index in [1.54, 1.807) is 7.11 Å². The molecule has 0 heterocycles. The molecule has 1 N–H and O–H groups in total. The fraction of sp³-hybridized carbons (Fsp3) is 0.417. The summed E-state index contributed by atoms with van der Waals surface area (Å²) < 4.78 is 36.0. The molecule has 4 nitrogen and oxygen atoms in total. The van der Waals surface area contributed by atoms with Crippen molar-refractivity contribution < 1.29 is 23.0 Å². The maximum atomic E-state index is 13.2. The van der Waals surface area contributed by atoms with Crippen molar-refractivity contribution in [3.63, 3.8) is 0 Å². The van der Waals surface area contributed by atoms with Crippen molar-refractivity contribution in [3.8, 4) is 0 Å². The van der Waals surface area contributed by atoms with Gasteiger partial charge in [-0.1, -0.05) is 6.07 Å². The van der Waals surface area contributed by atoms with Crippen molar-refractivity contribution in [1.82, 2.24) is 5.32 Å². The van der Waals surface area contributed by atoms with Crippen LogP contribution in [0.5, 0.6) is 0 Å². The summed E-state index contributed by atoms with van der Waals surface area (Å²) in [5.74, 6) is -2.85. The molecule has 6 heteroatoms. The van der Waals surface area contributed by atoms with Crippen LogP contribution < -0.4 is 5.32 Å². The van der Waals surface area contributed by atoms with E-state index in [4.69, 9.17) is 9.47 Å². The number of methoxy groups -OCH3 is 1. The van der Waals surface area contributed by atoms with E-state index in [-0.39, 0.29) is 18.7 Å². The van der Waals surface area contributed by atoms with Gasteiger partial charge in [0.2, 0.25) is 0 Å². The monoisotopic (exact) mass is 259 g/mol. The predicted octanol–water partition coefficient (Wildman–Crippen LogP) is 1.36. The molecule has 0 aliphatic carbocycles. The summed E-state index contributed by atoms with van der Waals surface area (Å²) in [4.78, 5) is 11.5. The van der Waals surface area contributed by atoms with Crippen molar-refractivity contribution in [2.75, 3.05) is 33.5 Å². The van der Waals surface area contributed by atoms with Gasteiger partial charge >= 0.3 is 0 Å². The molecular weight excluding hydrogens is 244 g/mol. The Hall–Kier alpha value is -1.53. The van der Waals surface area contributed by atoms with Crippen LogP contribution in [0.2, 0.25) is 0 Å². The lowest BCUT2D eigenvalue weighted by Gasteiger charge is -2.07. The van der Waals surface area contributed by atoms with E-state index in [0.717, 1.165) is 6.07 Å². The van der Waals surface area contributed by atoms with Crippen LogP contribution in [0.4, 0.5) is 8.78 Å². The number of carbonyl (C=O) groups is 1. The molecule has 0 saturated heterocycles. The van der Waals surface area contributed by atoms with Crippen LogP contribution in [0, 0.1) is 11.6 Å². The second-order valence-electron chi connectivity index (χ2n) is 3.46. The van der Waals surface area contributed by atoms with E-state index in [1.165, 1.54) is 12.1 Å². The lowest BCUT2D eigenvalue weighted by Crippen LogP contribution is -2.28. The minimum atomic E-state index is -1.14. The van der Waals surface area contributed by atoms with Gasteiger partial charge in [-0.25, -0.2) is 8.78 Å². The van der Waals surface area contributed by atoms with Gasteiger partial charge < -0.3 is 14.8 Å². The molecule has 1 amide bonds. The Kier molecular flexibility index (Phi) is 6.24. The Morgan fingerprint density at radius 1 is 1.28 bits per heavy atom. The van der Waals surface area contributed by atoms with Crippen molar-refractivity contribution in [3.05, 3.63) is 35.4 Å². The summed E-state index contributed by atoms with van der Waals surface area (Å²) in [6, 6.07) is 3.46. The van der Waals surface area contributed by atoms with Gasteiger partial charge in [0, 0.05) is 13.7 Å². The second-order valence-corrected chi connectivity index (χ2v) is 3.46. The highest BCUT2D eigenvalue weighted by Crippen LogP contribution is 2.10. The average Bonchev–Trinajstić information content (AvgIpc) is 2.36. The number of rotatable bonds is 7. The third-order valence-corrected chi connectivity index (χ3v) is 2.16. The normalized spacial score (nSPS) is 10.4. The zero-order valence-corrected chi connectivity index (χ0v) is 10.0. The molecule has 0 aromatic heterocycles. The predicted molar refractivity (Wildman–Crippen MR) is 61.4 cm³/mol. The lowest BCUT2D eigenvalue weighted by atomic mass is 10.2. The molecule has 0 fully saturated rings. The van der Waals surface area contributed by atoms with Crippen LogP contribution in [-0.4, -0.2) is 39.4 Å². The first kappa shape index (κ1) is 14.5. The zero-order valence-electron chi connectivity index (χ0n) is 10.0. The van der Waals surface area contributed by atoms with Crippen molar-refractivity contribution in [2.24, 2.45) is 0 Å². The molecule has 0 bridgehead atoms. The Morgan fingerprint density at radius 2 is 2.06 bits per heavy atom. The molecule has 0 radical (unpaired) electrons. The van der Waals surface area contributed by atoms with Gasteiger partial charge in [-0.15, -0.1) is 0 Å². The van der Waals surface area contributed by atoms with Gasteiger partial charge in [0.25, 0.3) is 5.91 Å². The number of hydrogen-bond donors (Lipinski definition) is 1. The van der Waals surface area contributed by atoms with Gasteiger partial charge in [-0.2, -0.15) is 0 Å². The topological polar surface area (TPSA) is 47.6 Å². The third-order valence-electron chi connectivity index (χ3n) is 2.16. The molecule has 0 aliphatic rings. The fourth-order valence-corrected chi connectivity index (χ4v) is 1.26. The molecular formula is C12H15F2NO3. The van der Waals surface area contributed by atoms with Crippen LogP contribution in [0.1, 0.15) is 10.4 Å². The van der Waals surface area contributed by atoms with Crippen LogP contribution in [-0.2, 0) is 9.47 Å². The molecule has 0 aliphatic heterocycles. The zero-order chi connectivity index (χ0) is 13.4. The van der Waals surface area contributed by atoms with Crippen LogP contribution in [0.15, 0.2) is 18.2 Å². The third kappa shape index (κ3) is 4.38. The van der Waals surface area contributed by atoms with Crippen molar-refractivity contribution >= 4 is 5.91 Å². The number of carbonyl (C=O) groups excluding carboxylic acids is 1. The summed E-state index contributed by atoms with van der Waals surface area (Å²) in [6.45, 7) is 1.39. The summed E-state index contributed by atoms with van der Waals surface area (Å²) in [7, 11) is 1.55. The largest absolute Gasteiger partial charge is 0.382 e. The highest BCUT2D eigenvalue weighted by atomic mass is 19.2. The quantitative estimate of drug-likeness (QED) is 0.752. The maximum Gasteiger partial charge on any atom is 0.254 e. The summed E-state index contributed by atoms with van der Waals surface area (Å²) >= 11 is 0. The molecule has 0 saturated carbocycles. The van der Waals surface area contributed by atoms with Crippen LogP contribution >= 0.6 is 0 Å². The van der Waals surface area contributed by atoms with Crippen molar-refractivity contribution in [1.29, 1.82) is 0 Å². The van der Waals surface area contributed by atoms with Gasteiger partial charge in [0.15, 0.2) is 11.6 Å². The van der Waals surface area contributed by atoms with E-state index in [0.29, 0.717) is 13.2 Å². The van der Waals surface area contributed by atoms with E-state index < -0.39 is 17.5 Å². The first-order valence-corrected chi connectivity index (χ1v) is 5.45. The number of ether oxygens (including phenoxy) is 2. The summed E-state index contributed by atoms with van der Waals surface area (Å²) in [5.41, 5.74) is -0.313. The van der Waals surface area contributed by atoms with Gasteiger partial charge in [0.1, 0.15) is 0 Å². The van der Waals surface area contributed by atoms with Gasteiger partial charge in [-0.05, 0) is 12.1 Å². The van der Waals surface area contributed by atoms with E-state index in [9.17, 15) is 13.6 Å². The standard InChI is InChI=1S/C12H15F2NO3/c1-17-7-8-18-6-5-15-12(16)9-3-2-4-10(13)11(9)14/h2-4H,5-8H2,1H3,(H,15,16). The molecule has 100 valence electrons. The van der Waals surface area contributed by atoms with Gasteiger partial charge in [0.05, 0.1) is 25.4 Å². The Morgan fingerprint density at radius 3 is 2.78 bits per heavy atom.